The molecule has 4 rings (SSSR count). The van der Waals surface area contributed by atoms with Crippen LogP contribution in [0.3, 0.4) is 0 Å². The van der Waals surface area contributed by atoms with Crippen LogP contribution in [0.1, 0.15) is 5.56 Å². The minimum Gasteiger partial charge on any atom is -0.494 e. The number of rotatable bonds is 11. The van der Waals surface area contributed by atoms with Crippen molar-refractivity contribution in [3.63, 3.8) is 0 Å². The van der Waals surface area contributed by atoms with E-state index in [-0.39, 0.29) is 17.6 Å². The molecule has 1 amide bonds. The van der Waals surface area contributed by atoms with Gasteiger partial charge < -0.3 is 30.0 Å². The van der Waals surface area contributed by atoms with Crippen molar-refractivity contribution in [1.29, 1.82) is 0 Å². The minimum atomic E-state index is -2.57. The van der Waals surface area contributed by atoms with Crippen molar-refractivity contribution in [2.24, 2.45) is 0 Å². The fourth-order valence-electron chi connectivity index (χ4n) is 3.68. The topological polar surface area (TPSA) is 127 Å². The van der Waals surface area contributed by atoms with Gasteiger partial charge in [-0.1, -0.05) is 30.3 Å². The Morgan fingerprint density at radius 3 is 2.50 bits per heavy atom. The van der Waals surface area contributed by atoms with E-state index in [1.807, 2.05) is 30.3 Å². The van der Waals surface area contributed by atoms with E-state index in [0.29, 0.717) is 39.7 Å². The standard InChI is InChI=1S/C28H28ClN6O4P/c1-5-26(36)32-22-14-21(23(38-2)15-24(22)39-17-18-10-12-30-13-11-18)34-28-31-16-19(29)27(35-28)33-20-8-6-7-9-25(20)40(3,4)37/h5-16H,1,17H2,2-4H3,(H,32,36)(H2,31,33,34,35). The zero-order chi connectivity index (χ0) is 28.7. The number of aromatic nitrogens is 3. The quantitative estimate of drug-likeness (QED) is 0.146. The molecule has 0 saturated heterocycles. The highest BCUT2D eigenvalue weighted by Gasteiger charge is 2.18. The number of amides is 1. The van der Waals surface area contributed by atoms with Gasteiger partial charge in [-0.2, -0.15) is 4.98 Å². The highest BCUT2D eigenvalue weighted by molar-refractivity contribution is 7.70. The SMILES string of the molecule is C=CC(=O)Nc1cc(Nc2ncc(Cl)c(Nc3ccccc3P(C)(C)=O)n2)c(OC)cc1OCc1ccncc1. The second-order valence-corrected chi connectivity index (χ2v) is 12.5. The molecule has 0 bridgehead atoms. The van der Waals surface area contributed by atoms with Crippen LogP contribution in [-0.2, 0) is 16.0 Å². The number of anilines is 5. The number of nitrogens with zero attached hydrogens (tertiary/aromatic N) is 3. The largest absolute Gasteiger partial charge is 0.494 e. The summed E-state index contributed by atoms with van der Waals surface area (Å²) in [5, 5.41) is 9.98. The fraction of sp³-hybridized carbons (Fsp3) is 0.143. The molecular weight excluding hydrogens is 551 g/mol. The summed E-state index contributed by atoms with van der Waals surface area (Å²) in [6, 6.07) is 14.2. The monoisotopic (exact) mass is 578 g/mol. The lowest BCUT2D eigenvalue weighted by Gasteiger charge is -2.18. The van der Waals surface area contributed by atoms with Crippen LogP contribution in [0.4, 0.5) is 28.8 Å². The number of nitrogens with one attached hydrogen (secondary N) is 3. The van der Waals surface area contributed by atoms with Crippen molar-refractivity contribution in [2.45, 2.75) is 6.61 Å². The van der Waals surface area contributed by atoms with Gasteiger partial charge in [0.1, 0.15) is 30.3 Å². The lowest BCUT2D eigenvalue weighted by atomic mass is 10.2. The van der Waals surface area contributed by atoms with Crippen molar-refractivity contribution in [1.82, 2.24) is 15.0 Å². The number of para-hydroxylation sites is 1. The first kappa shape index (κ1) is 28.6. The second kappa shape index (κ2) is 12.6. The van der Waals surface area contributed by atoms with Crippen molar-refractivity contribution in [3.8, 4) is 11.5 Å². The van der Waals surface area contributed by atoms with Crippen molar-refractivity contribution >= 4 is 58.8 Å². The Kier molecular flexibility index (Phi) is 9.04. The lowest BCUT2D eigenvalue weighted by Crippen LogP contribution is -2.11. The number of hydrogen-bond acceptors (Lipinski definition) is 9. The molecule has 0 unspecified atom stereocenters. The summed E-state index contributed by atoms with van der Waals surface area (Å²) in [7, 11) is -1.06. The number of hydrogen-bond donors (Lipinski definition) is 3. The molecule has 0 radical (unpaired) electrons. The molecule has 0 saturated carbocycles. The van der Waals surface area contributed by atoms with Gasteiger partial charge in [0.05, 0.1) is 30.4 Å². The molecule has 40 heavy (non-hydrogen) atoms. The predicted molar refractivity (Wildman–Crippen MR) is 160 cm³/mol. The second-order valence-electron chi connectivity index (χ2n) is 8.89. The van der Waals surface area contributed by atoms with Gasteiger partial charge in [-0.15, -0.1) is 0 Å². The van der Waals surface area contributed by atoms with E-state index in [9.17, 15) is 9.36 Å². The molecule has 2 heterocycles. The van der Waals surface area contributed by atoms with E-state index in [1.54, 1.807) is 43.9 Å². The molecule has 0 fully saturated rings. The number of pyridine rings is 1. The molecular formula is C28H28ClN6O4P. The summed E-state index contributed by atoms with van der Waals surface area (Å²) in [6.07, 6.45) is 5.94. The van der Waals surface area contributed by atoms with Crippen molar-refractivity contribution in [3.05, 3.63) is 90.4 Å². The van der Waals surface area contributed by atoms with Crippen LogP contribution in [0.15, 0.2) is 79.8 Å². The summed E-state index contributed by atoms with van der Waals surface area (Å²) >= 11 is 6.39. The van der Waals surface area contributed by atoms with Crippen LogP contribution in [0.25, 0.3) is 0 Å². The molecule has 0 spiro atoms. The molecule has 2 aromatic carbocycles. The van der Waals surface area contributed by atoms with Gasteiger partial charge in [0.25, 0.3) is 0 Å². The molecule has 4 aromatic rings. The Morgan fingerprint density at radius 2 is 1.80 bits per heavy atom. The molecule has 0 atom stereocenters. The van der Waals surface area contributed by atoms with Gasteiger partial charge in [0.15, 0.2) is 5.82 Å². The van der Waals surface area contributed by atoms with Gasteiger partial charge in [0.2, 0.25) is 11.9 Å². The van der Waals surface area contributed by atoms with Crippen LogP contribution in [0.5, 0.6) is 11.5 Å². The lowest BCUT2D eigenvalue weighted by molar-refractivity contribution is -0.111. The maximum absolute atomic E-state index is 12.8. The summed E-state index contributed by atoms with van der Waals surface area (Å²) in [5.74, 6) is 0.898. The molecule has 206 valence electrons. The first-order valence-electron chi connectivity index (χ1n) is 12.1. The molecule has 0 aliphatic rings. The van der Waals surface area contributed by atoms with Crippen LogP contribution in [0.2, 0.25) is 5.02 Å². The Hall–Kier alpha value is -4.40. The first-order valence-corrected chi connectivity index (χ1v) is 15.0. The van der Waals surface area contributed by atoms with Crippen molar-refractivity contribution in [2.75, 3.05) is 36.4 Å². The Labute approximate surface area is 237 Å². The number of halogens is 1. The Bertz CT molecular complexity index is 1580. The number of ether oxygens (including phenoxy) is 2. The van der Waals surface area contributed by atoms with Crippen LogP contribution < -0.4 is 30.7 Å². The molecule has 10 nitrogen and oxygen atoms in total. The maximum atomic E-state index is 12.8. The summed E-state index contributed by atoms with van der Waals surface area (Å²) < 4.78 is 24.4. The van der Waals surface area contributed by atoms with Gasteiger partial charge >= 0.3 is 0 Å². The van der Waals surface area contributed by atoms with Gasteiger partial charge in [-0.3, -0.25) is 9.78 Å². The summed E-state index contributed by atoms with van der Waals surface area (Å²) in [5.41, 5.74) is 2.37. The number of carbonyl (C=O) groups excluding carboxylic acids is 1. The Morgan fingerprint density at radius 1 is 1.05 bits per heavy atom. The average Bonchev–Trinajstić information content (AvgIpc) is 2.94. The smallest absolute Gasteiger partial charge is 0.247 e. The van der Waals surface area contributed by atoms with Gasteiger partial charge in [-0.05, 0) is 55.3 Å². The molecule has 3 N–H and O–H groups in total. The van der Waals surface area contributed by atoms with E-state index < -0.39 is 13.0 Å². The van der Waals surface area contributed by atoms with Gasteiger partial charge in [-0.25, -0.2) is 4.98 Å². The van der Waals surface area contributed by atoms with E-state index in [4.69, 9.17) is 21.1 Å². The normalized spacial score (nSPS) is 10.9. The number of carbonyl (C=O) groups is 1. The third-order valence-corrected chi connectivity index (χ3v) is 7.44. The highest BCUT2D eigenvalue weighted by atomic mass is 35.5. The molecule has 2 aromatic heterocycles. The number of benzene rings is 2. The maximum Gasteiger partial charge on any atom is 0.247 e. The van der Waals surface area contributed by atoms with Gasteiger partial charge in [0, 0.05) is 23.8 Å². The average molecular weight is 579 g/mol. The summed E-state index contributed by atoms with van der Waals surface area (Å²) in [6.45, 7) is 7.16. The number of methoxy groups -OCH3 is 1. The third-order valence-electron chi connectivity index (χ3n) is 5.62. The van der Waals surface area contributed by atoms with E-state index >= 15 is 0 Å². The van der Waals surface area contributed by atoms with Crippen molar-refractivity contribution < 1.29 is 18.8 Å². The van der Waals surface area contributed by atoms with E-state index in [2.05, 4.69) is 37.5 Å². The zero-order valence-electron chi connectivity index (χ0n) is 22.1. The summed E-state index contributed by atoms with van der Waals surface area (Å²) in [4.78, 5) is 25.0. The zero-order valence-corrected chi connectivity index (χ0v) is 23.8. The third kappa shape index (κ3) is 7.16. The minimum absolute atomic E-state index is 0.199. The van der Waals surface area contributed by atoms with Crippen LogP contribution in [-0.4, -0.2) is 41.3 Å². The first-order chi connectivity index (χ1) is 19.2. The predicted octanol–water partition coefficient (Wildman–Crippen LogP) is 5.97. The van der Waals surface area contributed by atoms with E-state index in [1.165, 1.54) is 13.3 Å². The fourth-order valence-corrected chi connectivity index (χ4v) is 4.97. The van der Waals surface area contributed by atoms with E-state index in [0.717, 1.165) is 11.6 Å². The Balaban J connectivity index is 1.65. The molecule has 0 aliphatic heterocycles. The molecule has 12 heteroatoms. The highest BCUT2D eigenvalue weighted by Crippen LogP contribution is 2.40. The van der Waals surface area contributed by atoms with Crippen LogP contribution >= 0.6 is 18.7 Å². The van der Waals surface area contributed by atoms with Crippen LogP contribution in [0, 0.1) is 0 Å². The molecule has 0 aliphatic carbocycles.